The predicted molar refractivity (Wildman–Crippen MR) is 87.4 cm³/mol. The largest absolute Gasteiger partial charge is 0.363 e. The smallest absolute Gasteiger partial charge is 0.246 e. The molecule has 0 bridgehead atoms. The monoisotopic (exact) mass is 323 g/mol. The molecule has 0 saturated carbocycles. The fourth-order valence-electron chi connectivity index (χ4n) is 2.73. The first kappa shape index (κ1) is 14.9. The van der Waals surface area contributed by atoms with Crippen molar-refractivity contribution in [3.8, 4) is 0 Å². The van der Waals surface area contributed by atoms with Gasteiger partial charge in [-0.3, -0.25) is 4.79 Å². The molecule has 0 unspecified atom stereocenters. The van der Waals surface area contributed by atoms with Crippen LogP contribution >= 0.6 is 23.4 Å². The van der Waals surface area contributed by atoms with E-state index in [9.17, 15) is 4.79 Å². The predicted octanol–water partition coefficient (Wildman–Crippen LogP) is 3.44. The molecule has 1 spiro atoms. The van der Waals surface area contributed by atoms with Gasteiger partial charge in [-0.15, -0.1) is 11.8 Å². The Morgan fingerprint density at radius 2 is 2.10 bits per heavy atom. The second-order valence-corrected chi connectivity index (χ2v) is 7.14. The van der Waals surface area contributed by atoms with Gasteiger partial charge < -0.3 is 9.64 Å². The van der Waals surface area contributed by atoms with Gasteiger partial charge in [0.15, 0.2) is 0 Å². The summed E-state index contributed by atoms with van der Waals surface area (Å²) in [5.74, 6) is 1.12. The quantitative estimate of drug-likeness (QED) is 0.781. The van der Waals surface area contributed by atoms with E-state index < -0.39 is 0 Å². The Morgan fingerprint density at radius 1 is 1.33 bits per heavy atom. The van der Waals surface area contributed by atoms with Crippen LogP contribution in [0.1, 0.15) is 18.4 Å². The van der Waals surface area contributed by atoms with Crippen LogP contribution in [0.2, 0.25) is 5.02 Å². The van der Waals surface area contributed by atoms with E-state index >= 15 is 0 Å². The Balaban J connectivity index is 1.58. The number of hydrogen-bond acceptors (Lipinski definition) is 3. The zero-order valence-corrected chi connectivity index (χ0v) is 13.3. The van der Waals surface area contributed by atoms with Crippen molar-refractivity contribution < 1.29 is 9.53 Å². The zero-order chi connectivity index (χ0) is 14.7. The highest BCUT2D eigenvalue weighted by atomic mass is 35.5. The Bertz CT molecular complexity index is 545. The van der Waals surface area contributed by atoms with E-state index in [1.807, 2.05) is 40.9 Å². The Hall–Kier alpha value is -0.970. The summed E-state index contributed by atoms with van der Waals surface area (Å²) in [5, 5.41) is 0.662. The first-order chi connectivity index (χ1) is 10.2. The lowest BCUT2D eigenvalue weighted by Gasteiger charge is -2.37. The number of likely N-dealkylation sites (tertiary alicyclic amines) is 1. The first-order valence-corrected chi connectivity index (χ1v) is 8.54. The van der Waals surface area contributed by atoms with Crippen molar-refractivity contribution in [1.82, 2.24) is 4.90 Å². The number of amides is 1. The number of carbonyl (C=O) groups excluding carboxylic acids is 1. The van der Waals surface area contributed by atoms with E-state index in [1.54, 1.807) is 12.2 Å². The molecular weight excluding hydrogens is 306 g/mol. The van der Waals surface area contributed by atoms with Crippen LogP contribution in [0, 0.1) is 0 Å². The molecule has 1 amide bonds. The Kier molecular flexibility index (Phi) is 4.57. The van der Waals surface area contributed by atoms with Gasteiger partial charge in [0.2, 0.25) is 5.91 Å². The van der Waals surface area contributed by atoms with Gasteiger partial charge in [-0.1, -0.05) is 29.8 Å². The average Bonchev–Trinajstić information content (AvgIpc) is 2.95. The summed E-state index contributed by atoms with van der Waals surface area (Å²) in [7, 11) is 0. The molecule has 3 rings (SSSR count). The SMILES string of the molecule is O=C(/C=C/c1ccccc1Cl)N1CCC2(CC1)OCCS2. The van der Waals surface area contributed by atoms with Crippen LogP contribution < -0.4 is 0 Å². The summed E-state index contributed by atoms with van der Waals surface area (Å²) in [6.07, 6.45) is 5.24. The van der Waals surface area contributed by atoms with Crippen molar-refractivity contribution in [3.05, 3.63) is 40.9 Å². The summed E-state index contributed by atoms with van der Waals surface area (Å²) in [5.41, 5.74) is 0.871. The number of carbonyl (C=O) groups is 1. The van der Waals surface area contributed by atoms with Crippen LogP contribution in [0.4, 0.5) is 0 Å². The van der Waals surface area contributed by atoms with E-state index in [4.69, 9.17) is 16.3 Å². The van der Waals surface area contributed by atoms with Gasteiger partial charge in [0, 0.05) is 42.8 Å². The number of rotatable bonds is 2. The van der Waals surface area contributed by atoms with Gasteiger partial charge in [0.25, 0.3) is 0 Å². The molecule has 2 aliphatic rings. The van der Waals surface area contributed by atoms with Crippen LogP contribution in [0.5, 0.6) is 0 Å². The fraction of sp³-hybridized carbons (Fsp3) is 0.438. The summed E-state index contributed by atoms with van der Waals surface area (Å²) >= 11 is 7.98. The van der Waals surface area contributed by atoms with Crippen molar-refractivity contribution in [2.24, 2.45) is 0 Å². The molecule has 21 heavy (non-hydrogen) atoms. The molecule has 0 aromatic heterocycles. The summed E-state index contributed by atoms with van der Waals surface area (Å²) in [4.78, 5) is 14.1. The minimum atomic E-state index is -0.0246. The maximum absolute atomic E-state index is 12.2. The number of nitrogens with zero attached hydrogens (tertiary/aromatic N) is 1. The molecule has 2 fully saturated rings. The lowest BCUT2D eigenvalue weighted by Crippen LogP contribution is -2.44. The van der Waals surface area contributed by atoms with Gasteiger partial charge in [0.1, 0.15) is 4.93 Å². The second kappa shape index (κ2) is 6.42. The highest BCUT2D eigenvalue weighted by Gasteiger charge is 2.39. The third-order valence-electron chi connectivity index (χ3n) is 3.96. The summed E-state index contributed by atoms with van der Waals surface area (Å²) in [6.45, 7) is 2.36. The molecule has 112 valence electrons. The molecule has 1 aromatic rings. The molecule has 2 heterocycles. The van der Waals surface area contributed by atoms with Crippen LogP contribution in [-0.2, 0) is 9.53 Å². The second-order valence-electron chi connectivity index (χ2n) is 5.29. The van der Waals surface area contributed by atoms with Gasteiger partial charge >= 0.3 is 0 Å². The van der Waals surface area contributed by atoms with Crippen molar-refractivity contribution >= 4 is 35.3 Å². The number of piperidine rings is 1. The molecule has 0 aliphatic carbocycles. The summed E-state index contributed by atoms with van der Waals surface area (Å²) < 4.78 is 5.84. The molecule has 5 heteroatoms. The number of hydrogen-bond donors (Lipinski definition) is 0. The Labute approximate surface area is 134 Å². The van der Waals surface area contributed by atoms with Gasteiger partial charge in [-0.05, 0) is 17.7 Å². The molecule has 2 saturated heterocycles. The van der Waals surface area contributed by atoms with E-state index in [-0.39, 0.29) is 10.8 Å². The first-order valence-electron chi connectivity index (χ1n) is 7.18. The fourth-order valence-corrected chi connectivity index (χ4v) is 4.11. The van der Waals surface area contributed by atoms with E-state index in [0.717, 1.165) is 43.9 Å². The van der Waals surface area contributed by atoms with Crippen molar-refractivity contribution in [1.29, 1.82) is 0 Å². The van der Waals surface area contributed by atoms with E-state index in [2.05, 4.69) is 0 Å². The third-order valence-corrected chi connectivity index (χ3v) is 5.73. The Morgan fingerprint density at radius 3 is 2.76 bits per heavy atom. The number of benzene rings is 1. The lowest BCUT2D eigenvalue weighted by molar-refractivity contribution is -0.128. The topological polar surface area (TPSA) is 29.5 Å². The molecule has 0 atom stereocenters. The van der Waals surface area contributed by atoms with Crippen LogP contribution in [0.25, 0.3) is 6.08 Å². The van der Waals surface area contributed by atoms with Crippen LogP contribution in [0.15, 0.2) is 30.3 Å². The molecule has 0 N–H and O–H groups in total. The highest BCUT2D eigenvalue weighted by Crippen LogP contribution is 2.41. The van der Waals surface area contributed by atoms with E-state index in [0.29, 0.717) is 5.02 Å². The molecule has 3 nitrogen and oxygen atoms in total. The minimum absolute atomic E-state index is 0.0246. The number of thioether (sulfide) groups is 1. The van der Waals surface area contributed by atoms with Crippen molar-refractivity contribution in [2.45, 2.75) is 17.8 Å². The van der Waals surface area contributed by atoms with Crippen molar-refractivity contribution in [2.75, 3.05) is 25.4 Å². The maximum Gasteiger partial charge on any atom is 0.246 e. The van der Waals surface area contributed by atoms with Gasteiger partial charge in [-0.25, -0.2) is 0 Å². The normalized spacial score (nSPS) is 21.3. The highest BCUT2D eigenvalue weighted by molar-refractivity contribution is 8.00. The lowest BCUT2D eigenvalue weighted by atomic mass is 10.1. The molecule has 2 aliphatic heterocycles. The molecule has 1 aromatic carbocycles. The molecular formula is C16H18ClNO2S. The summed E-state index contributed by atoms with van der Waals surface area (Å²) in [6, 6.07) is 7.52. The number of halogens is 1. The standard InChI is InChI=1S/C16H18ClNO2S/c17-14-4-2-1-3-13(14)5-6-15(19)18-9-7-16(8-10-18)20-11-12-21-16/h1-6H,7-12H2/b6-5+. The van der Waals surface area contributed by atoms with E-state index in [1.165, 1.54) is 0 Å². The van der Waals surface area contributed by atoms with Crippen molar-refractivity contribution in [3.63, 3.8) is 0 Å². The van der Waals surface area contributed by atoms with Crippen LogP contribution in [-0.4, -0.2) is 41.2 Å². The maximum atomic E-state index is 12.2. The van der Waals surface area contributed by atoms with Crippen LogP contribution in [0.3, 0.4) is 0 Å². The number of ether oxygens (including phenoxy) is 1. The van der Waals surface area contributed by atoms with Gasteiger partial charge in [0.05, 0.1) is 6.61 Å². The molecule has 0 radical (unpaired) electrons. The zero-order valence-electron chi connectivity index (χ0n) is 11.8. The third kappa shape index (κ3) is 3.44. The van der Waals surface area contributed by atoms with Gasteiger partial charge in [-0.2, -0.15) is 0 Å². The average molecular weight is 324 g/mol. The minimum Gasteiger partial charge on any atom is -0.363 e.